The van der Waals surface area contributed by atoms with Crippen molar-refractivity contribution in [2.45, 2.75) is 78.2 Å². The molecule has 1 aliphatic rings. The van der Waals surface area contributed by atoms with Gasteiger partial charge in [0.15, 0.2) is 11.5 Å². The molecule has 2 N–H and O–H groups in total. The molecule has 0 bridgehead atoms. The lowest BCUT2D eigenvalue weighted by molar-refractivity contribution is -0.137. The number of rotatable bonds is 7. The van der Waals surface area contributed by atoms with Crippen LogP contribution >= 0.6 is 0 Å². The summed E-state index contributed by atoms with van der Waals surface area (Å²) in [5.41, 5.74) is 4.53. The highest BCUT2D eigenvalue weighted by molar-refractivity contribution is 5.98. The molecular formula is C34H42N2O5. The summed E-state index contributed by atoms with van der Waals surface area (Å²) in [4.78, 5) is 28.8. The molecule has 0 aliphatic carbocycles. The highest BCUT2D eigenvalue weighted by atomic mass is 16.7. The summed E-state index contributed by atoms with van der Waals surface area (Å²) in [7, 11) is 1.67. The van der Waals surface area contributed by atoms with Crippen LogP contribution in [-0.4, -0.2) is 35.7 Å². The first-order chi connectivity index (χ1) is 19.1. The number of fused-ring (bicyclic) bond motifs is 1. The molecule has 41 heavy (non-hydrogen) atoms. The van der Waals surface area contributed by atoms with Crippen molar-refractivity contribution in [3.63, 3.8) is 0 Å². The number of ether oxygens (including phenoxy) is 2. The van der Waals surface area contributed by atoms with Gasteiger partial charge in [-0.1, -0.05) is 83.5 Å². The Bertz CT molecular complexity index is 1400. The molecule has 7 nitrogen and oxygen atoms in total. The maximum absolute atomic E-state index is 13.7. The van der Waals surface area contributed by atoms with E-state index in [-0.39, 0.29) is 35.9 Å². The second-order valence-electron chi connectivity index (χ2n) is 12.9. The van der Waals surface area contributed by atoms with Crippen LogP contribution in [0.15, 0.2) is 54.6 Å². The topological polar surface area (TPSA) is 88.1 Å². The first-order valence-electron chi connectivity index (χ1n) is 14.0. The second kappa shape index (κ2) is 11.5. The van der Waals surface area contributed by atoms with Crippen LogP contribution in [-0.2, 0) is 26.8 Å². The third kappa shape index (κ3) is 6.84. The van der Waals surface area contributed by atoms with Crippen LogP contribution in [0.1, 0.15) is 81.8 Å². The number of anilines is 1. The summed E-state index contributed by atoms with van der Waals surface area (Å²) in [6.45, 7) is 14.6. The molecule has 0 fully saturated rings. The molecule has 2 amide bonds. The molecule has 0 spiro atoms. The Labute approximate surface area is 243 Å². The Morgan fingerprint density at radius 2 is 1.49 bits per heavy atom. The Hall–Kier alpha value is -4.00. The van der Waals surface area contributed by atoms with E-state index in [2.05, 4.69) is 46.9 Å². The summed E-state index contributed by atoms with van der Waals surface area (Å²) in [5, 5.41) is 14.0. The first kappa shape index (κ1) is 30.0. The van der Waals surface area contributed by atoms with Crippen molar-refractivity contribution < 1.29 is 24.2 Å². The van der Waals surface area contributed by atoms with Gasteiger partial charge in [0, 0.05) is 25.2 Å². The number of hydrogen-bond donors (Lipinski definition) is 2. The van der Waals surface area contributed by atoms with Crippen LogP contribution in [0.25, 0.3) is 0 Å². The van der Waals surface area contributed by atoms with Crippen molar-refractivity contribution in [2.75, 3.05) is 19.2 Å². The van der Waals surface area contributed by atoms with Gasteiger partial charge in [0.25, 0.3) is 5.91 Å². The van der Waals surface area contributed by atoms with E-state index in [1.807, 2.05) is 43.3 Å². The minimum Gasteiger partial charge on any atom is -0.507 e. The fourth-order valence-corrected chi connectivity index (χ4v) is 5.04. The van der Waals surface area contributed by atoms with Gasteiger partial charge in [-0.2, -0.15) is 0 Å². The summed E-state index contributed by atoms with van der Waals surface area (Å²) in [6, 6.07) is 16.0. The molecule has 3 aromatic rings. The zero-order chi connectivity index (χ0) is 30.1. The molecule has 0 aromatic heterocycles. The molecule has 218 valence electrons. The average molecular weight is 559 g/mol. The molecule has 1 atom stereocenters. The number of phenolic OH excluding ortho intramolecular Hbond substituents is 1. The van der Waals surface area contributed by atoms with E-state index in [1.165, 1.54) is 4.90 Å². The maximum atomic E-state index is 13.7. The van der Waals surface area contributed by atoms with Crippen LogP contribution in [0, 0.1) is 6.92 Å². The van der Waals surface area contributed by atoms with Gasteiger partial charge >= 0.3 is 0 Å². The molecule has 0 unspecified atom stereocenters. The molecule has 0 radical (unpaired) electrons. The van der Waals surface area contributed by atoms with Gasteiger partial charge in [-0.3, -0.25) is 9.59 Å². The molecule has 1 heterocycles. The van der Waals surface area contributed by atoms with Gasteiger partial charge in [-0.25, -0.2) is 0 Å². The van der Waals surface area contributed by atoms with Gasteiger partial charge in [0.05, 0.1) is 0 Å². The summed E-state index contributed by atoms with van der Waals surface area (Å²) < 4.78 is 10.8. The van der Waals surface area contributed by atoms with Crippen molar-refractivity contribution in [3.05, 3.63) is 82.4 Å². The minimum atomic E-state index is -0.830. The predicted molar refractivity (Wildman–Crippen MR) is 162 cm³/mol. The van der Waals surface area contributed by atoms with Gasteiger partial charge in [0.1, 0.15) is 11.8 Å². The maximum Gasteiger partial charge on any atom is 0.251 e. The number of carbonyl (C=O) groups excluding carboxylic acids is 2. The Morgan fingerprint density at radius 1 is 0.902 bits per heavy atom. The number of benzene rings is 3. The Kier molecular flexibility index (Phi) is 8.39. The van der Waals surface area contributed by atoms with E-state index in [0.717, 1.165) is 27.8 Å². The molecule has 0 saturated heterocycles. The van der Waals surface area contributed by atoms with Crippen LogP contribution in [0.5, 0.6) is 17.2 Å². The van der Waals surface area contributed by atoms with Crippen molar-refractivity contribution >= 4 is 17.5 Å². The number of amides is 2. The molecule has 3 aromatic carbocycles. The van der Waals surface area contributed by atoms with Gasteiger partial charge in [0.2, 0.25) is 12.7 Å². The SMILES string of the molecule is Cc1ccc([C@@H](C(=O)Nc2ccc3c(c2)OCO3)N(C)C(=O)CCc2cc(C(C)(C)C)c(O)c(C(C)(C)C)c2)cc1. The summed E-state index contributed by atoms with van der Waals surface area (Å²) in [5.74, 6) is 1.04. The minimum absolute atomic E-state index is 0.144. The van der Waals surface area contributed by atoms with E-state index in [0.29, 0.717) is 29.4 Å². The number of nitrogens with one attached hydrogen (secondary N) is 1. The average Bonchev–Trinajstić information content (AvgIpc) is 3.35. The van der Waals surface area contributed by atoms with Crippen molar-refractivity contribution in [1.82, 2.24) is 4.90 Å². The number of nitrogens with zero attached hydrogens (tertiary/aromatic N) is 1. The summed E-state index contributed by atoms with van der Waals surface area (Å²) >= 11 is 0. The number of aryl methyl sites for hydroxylation is 2. The quantitative estimate of drug-likeness (QED) is 0.333. The number of phenols is 1. The lowest BCUT2D eigenvalue weighted by atomic mass is 9.78. The fourth-order valence-electron chi connectivity index (χ4n) is 5.04. The standard InChI is InChI=1S/C34H42N2O5/c1-21-9-12-23(13-10-21)30(32(39)35-24-14-15-27-28(19-24)41-20-40-27)36(8)29(37)16-11-22-17-25(33(2,3)4)31(38)26(18-22)34(5,6)7/h9-10,12-15,17-19,30,38H,11,16,20H2,1-8H3,(H,35,39)/t30-/m0/s1. The lowest BCUT2D eigenvalue weighted by Crippen LogP contribution is -2.38. The third-order valence-corrected chi connectivity index (χ3v) is 7.48. The van der Waals surface area contributed by atoms with E-state index in [9.17, 15) is 14.7 Å². The van der Waals surface area contributed by atoms with Gasteiger partial charge in [-0.05, 0) is 58.6 Å². The number of likely N-dealkylation sites (N-methyl/N-ethyl adjacent to an activating group) is 1. The van der Waals surface area contributed by atoms with Crippen LogP contribution < -0.4 is 14.8 Å². The third-order valence-electron chi connectivity index (χ3n) is 7.48. The smallest absolute Gasteiger partial charge is 0.251 e. The molecule has 0 saturated carbocycles. The molecular weight excluding hydrogens is 516 g/mol. The largest absolute Gasteiger partial charge is 0.507 e. The monoisotopic (exact) mass is 558 g/mol. The zero-order valence-corrected chi connectivity index (χ0v) is 25.4. The fraction of sp³-hybridized carbons (Fsp3) is 0.412. The van der Waals surface area contributed by atoms with E-state index >= 15 is 0 Å². The van der Waals surface area contributed by atoms with Crippen LogP contribution in [0.3, 0.4) is 0 Å². The van der Waals surface area contributed by atoms with E-state index < -0.39 is 6.04 Å². The van der Waals surface area contributed by atoms with Gasteiger partial charge < -0.3 is 24.8 Å². The first-order valence-corrected chi connectivity index (χ1v) is 14.0. The molecule has 1 aliphatic heterocycles. The molecule has 7 heteroatoms. The highest BCUT2D eigenvalue weighted by Crippen LogP contribution is 2.40. The van der Waals surface area contributed by atoms with Crippen molar-refractivity contribution in [3.8, 4) is 17.2 Å². The lowest BCUT2D eigenvalue weighted by Gasteiger charge is -2.29. The molecule has 4 rings (SSSR count). The van der Waals surface area contributed by atoms with E-state index in [1.54, 1.807) is 25.2 Å². The highest BCUT2D eigenvalue weighted by Gasteiger charge is 2.30. The number of carbonyl (C=O) groups is 2. The second-order valence-corrected chi connectivity index (χ2v) is 12.9. The van der Waals surface area contributed by atoms with Crippen LogP contribution in [0.2, 0.25) is 0 Å². The number of hydrogen-bond acceptors (Lipinski definition) is 5. The summed E-state index contributed by atoms with van der Waals surface area (Å²) in [6.07, 6.45) is 0.702. The normalized spacial score (nSPS) is 13.6. The Morgan fingerprint density at radius 3 is 2.07 bits per heavy atom. The van der Waals surface area contributed by atoms with Crippen molar-refractivity contribution in [2.24, 2.45) is 0 Å². The predicted octanol–water partition coefficient (Wildman–Crippen LogP) is 6.80. The number of aromatic hydroxyl groups is 1. The van der Waals surface area contributed by atoms with E-state index in [4.69, 9.17) is 9.47 Å². The Balaban J connectivity index is 1.57. The van der Waals surface area contributed by atoms with Crippen LogP contribution in [0.4, 0.5) is 5.69 Å². The zero-order valence-electron chi connectivity index (χ0n) is 25.4. The van der Waals surface area contributed by atoms with Gasteiger partial charge in [-0.15, -0.1) is 0 Å². The van der Waals surface area contributed by atoms with Crippen molar-refractivity contribution in [1.29, 1.82) is 0 Å².